The average molecular weight is 182 g/mol. The van der Waals surface area contributed by atoms with E-state index in [-0.39, 0.29) is 0 Å². The summed E-state index contributed by atoms with van der Waals surface area (Å²) in [5, 5.41) is 0. The second-order valence-corrected chi connectivity index (χ2v) is 5.88. The van der Waals surface area contributed by atoms with E-state index in [2.05, 4.69) is 41.5 Å². The van der Waals surface area contributed by atoms with Crippen LogP contribution in [0.25, 0.3) is 0 Å². The summed E-state index contributed by atoms with van der Waals surface area (Å²) < 4.78 is 0. The SMILES string of the molecule is CCC(C(C)C)C1CC(C)C1(C)C. The van der Waals surface area contributed by atoms with Crippen molar-refractivity contribution in [1.82, 2.24) is 0 Å². The van der Waals surface area contributed by atoms with Crippen LogP contribution in [0.15, 0.2) is 0 Å². The molecule has 0 aromatic heterocycles. The number of hydrogen-bond acceptors (Lipinski definition) is 0. The lowest BCUT2D eigenvalue weighted by Gasteiger charge is -2.55. The van der Waals surface area contributed by atoms with Crippen LogP contribution in [0, 0.1) is 29.1 Å². The first-order valence-corrected chi connectivity index (χ1v) is 5.91. The van der Waals surface area contributed by atoms with E-state index in [9.17, 15) is 0 Å². The molecule has 0 aromatic carbocycles. The Labute approximate surface area is 84.1 Å². The van der Waals surface area contributed by atoms with Gasteiger partial charge in [-0.3, -0.25) is 0 Å². The first-order valence-electron chi connectivity index (χ1n) is 5.91. The zero-order valence-electron chi connectivity index (χ0n) is 10.2. The lowest BCUT2D eigenvalue weighted by molar-refractivity contribution is -0.0610. The lowest BCUT2D eigenvalue weighted by atomic mass is 9.50. The van der Waals surface area contributed by atoms with Gasteiger partial charge in [0.2, 0.25) is 0 Å². The normalized spacial score (nSPS) is 34.4. The third-order valence-electron chi connectivity index (χ3n) is 4.68. The van der Waals surface area contributed by atoms with Gasteiger partial charge in [-0.2, -0.15) is 0 Å². The Morgan fingerprint density at radius 3 is 2.08 bits per heavy atom. The minimum atomic E-state index is 0.602. The molecule has 0 N–H and O–H groups in total. The second-order valence-electron chi connectivity index (χ2n) is 5.88. The van der Waals surface area contributed by atoms with Gasteiger partial charge in [-0.05, 0) is 35.5 Å². The minimum Gasteiger partial charge on any atom is -0.0651 e. The Balaban J connectivity index is 2.63. The third-order valence-corrected chi connectivity index (χ3v) is 4.68. The quantitative estimate of drug-likeness (QED) is 0.608. The summed E-state index contributed by atoms with van der Waals surface area (Å²) in [5.41, 5.74) is 0.602. The van der Waals surface area contributed by atoms with Crippen molar-refractivity contribution < 1.29 is 0 Å². The molecule has 0 nitrogen and oxygen atoms in total. The van der Waals surface area contributed by atoms with Gasteiger partial charge in [0, 0.05) is 0 Å². The molecule has 78 valence electrons. The molecule has 0 aromatic rings. The Hall–Kier alpha value is 0. The molecule has 1 aliphatic rings. The average Bonchev–Trinajstić information content (AvgIpc) is 2.04. The fourth-order valence-corrected chi connectivity index (χ4v) is 3.14. The molecule has 0 aliphatic heterocycles. The summed E-state index contributed by atoms with van der Waals surface area (Å²) in [5.74, 6) is 3.73. The Morgan fingerprint density at radius 1 is 1.31 bits per heavy atom. The van der Waals surface area contributed by atoms with E-state index in [1.807, 2.05) is 0 Å². The van der Waals surface area contributed by atoms with Gasteiger partial charge in [0.05, 0.1) is 0 Å². The van der Waals surface area contributed by atoms with Crippen molar-refractivity contribution in [2.45, 2.75) is 54.4 Å². The molecule has 1 saturated carbocycles. The maximum atomic E-state index is 2.46. The highest BCUT2D eigenvalue weighted by molar-refractivity contribution is 4.97. The van der Waals surface area contributed by atoms with E-state index in [0.717, 1.165) is 23.7 Å². The zero-order valence-corrected chi connectivity index (χ0v) is 10.2. The Morgan fingerprint density at radius 2 is 1.85 bits per heavy atom. The van der Waals surface area contributed by atoms with Crippen LogP contribution < -0.4 is 0 Å². The van der Waals surface area contributed by atoms with E-state index in [4.69, 9.17) is 0 Å². The number of hydrogen-bond donors (Lipinski definition) is 0. The maximum Gasteiger partial charge on any atom is -0.0297 e. The molecule has 13 heavy (non-hydrogen) atoms. The van der Waals surface area contributed by atoms with Crippen LogP contribution in [0.1, 0.15) is 54.4 Å². The number of rotatable bonds is 3. The van der Waals surface area contributed by atoms with Crippen LogP contribution in [0.2, 0.25) is 0 Å². The van der Waals surface area contributed by atoms with E-state index in [1.165, 1.54) is 12.8 Å². The highest BCUT2D eigenvalue weighted by Crippen LogP contribution is 2.56. The molecule has 3 unspecified atom stereocenters. The fourth-order valence-electron chi connectivity index (χ4n) is 3.14. The molecule has 1 aliphatic carbocycles. The van der Waals surface area contributed by atoms with E-state index >= 15 is 0 Å². The highest BCUT2D eigenvalue weighted by Gasteiger charge is 2.48. The van der Waals surface area contributed by atoms with Crippen molar-refractivity contribution in [3.8, 4) is 0 Å². The van der Waals surface area contributed by atoms with Crippen LogP contribution in [0.5, 0.6) is 0 Å². The smallest absolute Gasteiger partial charge is 0.0297 e. The molecule has 0 saturated heterocycles. The van der Waals surface area contributed by atoms with Crippen molar-refractivity contribution >= 4 is 0 Å². The molecule has 3 atom stereocenters. The second kappa shape index (κ2) is 3.63. The molecule has 0 radical (unpaired) electrons. The zero-order chi connectivity index (χ0) is 10.2. The Kier molecular flexibility index (Phi) is 3.09. The van der Waals surface area contributed by atoms with Crippen LogP contribution in [0.3, 0.4) is 0 Å². The maximum absolute atomic E-state index is 2.46. The topological polar surface area (TPSA) is 0 Å². The van der Waals surface area contributed by atoms with Crippen LogP contribution in [-0.4, -0.2) is 0 Å². The fraction of sp³-hybridized carbons (Fsp3) is 1.00. The summed E-state index contributed by atoms with van der Waals surface area (Å²) in [7, 11) is 0. The van der Waals surface area contributed by atoms with Gasteiger partial charge in [-0.1, -0.05) is 48.0 Å². The molecule has 0 bridgehead atoms. The van der Waals surface area contributed by atoms with Gasteiger partial charge in [0.25, 0.3) is 0 Å². The molecular weight excluding hydrogens is 156 g/mol. The lowest BCUT2D eigenvalue weighted by Crippen LogP contribution is -2.48. The Bertz CT molecular complexity index is 167. The van der Waals surface area contributed by atoms with E-state index < -0.39 is 0 Å². The standard InChI is InChI=1S/C13H26/c1-7-11(9(2)3)12-8-10(4)13(12,5)6/h9-12H,7-8H2,1-6H3. The van der Waals surface area contributed by atoms with Crippen LogP contribution in [0.4, 0.5) is 0 Å². The molecular formula is C13H26. The largest absolute Gasteiger partial charge is 0.0651 e. The molecule has 0 amide bonds. The molecule has 0 spiro atoms. The van der Waals surface area contributed by atoms with Gasteiger partial charge in [0.15, 0.2) is 0 Å². The van der Waals surface area contributed by atoms with Crippen LogP contribution >= 0.6 is 0 Å². The summed E-state index contributed by atoms with van der Waals surface area (Å²) in [4.78, 5) is 0. The van der Waals surface area contributed by atoms with Crippen molar-refractivity contribution in [2.75, 3.05) is 0 Å². The van der Waals surface area contributed by atoms with Crippen molar-refractivity contribution in [2.24, 2.45) is 29.1 Å². The predicted octanol–water partition coefficient (Wildman–Crippen LogP) is 4.35. The predicted molar refractivity (Wildman–Crippen MR) is 59.7 cm³/mol. The first-order chi connectivity index (χ1) is 5.91. The van der Waals surface area contributed by atoms with Gasteiger partial charge in [-0.25, -0.2) is 0 Å². The summed E-state index contributed by atoms with van der Waals surface area (Å²) in [6.07, 6.45) is 2.82. The van der Waals surface area contributed by atoms with E-state index in [1.54, 1.807) is 0 Å². The minimum absolute atomic E-state index is 0.602. The summed E-state index contributed by atoms with van der Waals surface area (Å²) >= 11 is 0. The summed E-state index contributed by atoms with van der Waals surface area (Å²) in [6, 6.07) is 0. The van der Waals surface area contributed by atoms with Crippen molar-refractivity contribution in [1.29, 1.82) is 0 Å². The molecule has 0 heterocycles. The van der Waals surface area contributed by atoms with Gasteiger partial charge in [-0.15, -0.1) is 0 Å². The van der Waals surface area contributed by atoms with E-state index in [0.29, 0.717) is 5.41 Å². The van der Waals surface area contributed by atoms with Crippen molar-refractivity contribution in [3.63, 3.8) is 0 Å². The highest BCUT2D eigenvalue weighted by atomic mass is 14.5. The first kappa shape index (κ1) is 11.1. The van der Waals surface area contributed by atoms with Crippen LogP contribution in [-0.2, 0) is 0 Å². The van der Waals surface area contributed by atoms with Gasteiger partial charge < -0.3 is 0 Å². The summed E-state index contributed by atoms with van der Waals surface area (Å²) in [6.45, 7) is 14.4. The monoisotopic (exact) mass is 182 g/mol. The third kappa shape index (κ3) is 1.78. The molecule has 0 heteroatoms. The van der Waals surface area contributed by atoms with Gasteiger partial charge in [0.1, 0.15) is 0 Å². The van der Waals surface area contributed by atoms with Crippen molar-refractivity contribution in [3.05, 3.63) is 0 Å². The molecule has 1 fully saturated rings. The van der Waals surface area contributed by atoms with Gasteiger partial charge >= 0.3 is 0 Å². The molecule has 1 rings (SSSR count).